The van der Waals surface area contributed by atoms with E-state index < -0.39 is 0 Å². The fourth-order valence-electron chi connectivity index (χ4n) is 3.12. The van der Waals surface area contributed by atoms with Crippen LogP contribution in [0.1, 0.15) is 31.7 Å². The van der Waals surface area contributed by atoms with E-state index in [1.807, 2.05) is 24.3 Å². The lowest BCUT2D eigenvalue weighted by molar-refractivity contribution is 0.170. The van der Waals surface area contributed by atoms with Crippen LogP contribution in [0.25, 0.3) is 0 Å². The third-order valence-corrected chi connectivity index (χ3v) is 5.17. The number of aromatic nitrogens is 1. The van der Waals surface area contributed by atoms with Crippen molar-refractivity contribution < 1.29 is 4.74 Å². The Bertz CT molecular complexity index is 700. The van der Waals surface area contributed by atoms with Crippen molar-refractivity contribution >= 4 is 28.5 Å². The van der Waals surface area contributed by atoms with Gasteiger partial charge in [0.2, 0.25) is 5.13 Å². The smallest absolute Gasteiger partial charge is 0.205 e. The summed E-state index contributed by atoms with van der Waals surface area (Å²) in [6.45, 7) is 6.69. The lowest BCUT2D eigenvalue weighted by atomic mass is 10.0. The summed E-state index contributed by atoms with van der Waals surface area (Å²) in [5.41, 5.74) is 9.43. The molecule has 0 spiro atoms. The van der Waals surface area contributed by atoms with Crippen LogP contribution in [0.15, 0.2) is 34.7 Å². The van der Waals surface area contributed by atoms with Gasteiger partial charge in [0.05, 0.1) is 12.8 Å². The van der Waals surface area contributed by atoms with Gasteiger partial charge in [-0.3, -0.25) is 5.43 Å². The number of ether oxygens (including phenoxy) is 1. The van der Waals surface area contributed by atoms with Crippen LogP contribution in [0.3, 0.4) is 0 Å². The number of anilines is 2. The lowest BCUT2D eigenvalue weighted by Gasteiger charge is -2.30. The maximum atomic E-state index is 5.85. The molecule has 2 aromatic rings. The van der Waals surface area contributed by atoms with Crippen LogP contribution < -0.4 is 15.9 Å². The average molecular weight is 374 g/mol. The number of likely N-dealkylation sites (tertiary alicyclic amines) is 1. The first-order valence-corrected chi connectivity index (χ1v) is 10.0. The van der Waals surface area contributed by atoms with Gasteiger partial charge in [0.1, 0.15) is 11.6 Å². The minimum Gasteiger partial charge on any atom is -0.494 e. The molecule has 3 rings (SSSR count). The summed E-state index contributed by atoms with van der Waals surface area (Å²) >= 11 is 1.42. The minimum atomic E-state index is 0.504. The first-order chi connectivity index (χ1) is 12.7. The molecule has 1 atom stereocenters. The van der Waals surface area contributed by atoms with E-state index in [0.29, 0.717) is 10.9 Å². The van der Waals surface area contributed by atoms with Gasteiger partial charge in [-0.15, -0.1) is 11.3 Å². The van der Waals surface area contributed by atoms with Gasteiger partial charge in [0.15, 0.2) is 0 Å². The van der Waals surface area contributed by atoms with Crippen LogP contribution in [-0.4, -0.2) is 42.3 Å². The summed E-state index contributed by atoms with van der Waals surface area (Å²) in [6.07, 6.45) is 5.52. The molecule has 7 heteroatoms. The maximum Gasteiger partial charge on any atom is 0.205 e. The Kier molecular flexibility index (Phi) is 6.85. The molecule has 26 heavy (non-hydrogen) atoms. The molecule has 0 aliphatic carbocycles. The van der Waals surface area contributed by atoms with Crippen molar-refractivity contribution in [2.24, 2.45) is 11.0 Å². The molecule has 2 heterocycles. The fraction of sp³-hybridized carbons (Fsp3) is 0.474. The van der Waals surface area contributed by atoms with Crippen molar-refractivity contribution in [1.29, 1.82) is 0 Å². The predicted octanol–water partition coefficient (Wildman–Crippen LogP) is 3.67. The summed E-state index contributed by atoms with van der Waals surface area (Å²) in [5, 5.41) is 6.62. The van der Waals surface area contributed by atoms with Crippen molar-refractivity contribution in [3.8, 4) is 5.75 Å². The van der Waals surface area contributed by atoms with Crippen LogP contribution in [0.5, 0.6) is 5.75 Å². The molecule has 1 aliphatic rings. The Morgan fingerprint density at radius 1 is 1.42 bits per heavy atom. The van der Waals surface area contributed by atoms with Crippen LogP contribution >= 0.6 is 11.3 Å². The Labute approximate surface area is 159 Å². The van der Waals surface area contributed by atoms with Gasteiger partial charge >= 0.3 is 0 Å². The predicted molar refractivity (Wildman–Crippen MR) is 109 cm³/mol. The normalized spacial score (nSPS) is 18.3. The van der Waals surface area contributed by atoms with E-state index in [1.54, 1.807) is 11.6 Å². The van der Waals surface area contributed by atoms with Crippen molar-refractivity contribution in [2.75, 3.05) is 37.4 Å². The second-order valence-corrected chi connectivity index (χ2v) is 7.62. The minimum absolute atomic E-state index is 0.504. The van der Waals surface area contributed by atoms with Gasteiger partial charge < -0.3 is 15.4 Å². The van der Waals surface area contributed by atoms with Crippen LogP contribution in [-0.2, 0) is 0 Å². The number of benzene rings is 1. The molecule has 1 saturated heterocycles. The third-order valence-electron chi connectivity index (χ3n) is 4.40. The van der Waals surface area contributed by atoms with Gasteiger partial charge in [0.25, 0.3) is 0 Å². The number of piperidine rings is 1. The van der Waals surface area contributed by atoms with E-state index in [-0.39, 0.29) is 0 Å². The highest BCUT2D eigenvalue weighted by molar-refractivity contribution is 7.14. The SMILES string of the molecule is CC1CCCN(CCCOc2ccc(C=NNc3nc(N)cs3)cc2)C1. The van der Waals surface area contributed by atoms with Gasteiger partial charge in [-0.2, -0.15) is 5.10 Å². The zero-order chi connectivity index (χ0) is 18.2. The topological polar surface area (TPSA) is 75.8 Å². The zero-order valence-corrected chi connectivity index (χ0v) is 16.0. The average Bonchev–Trinajstić information content (AvgIpc) is 3.05. The highest BCUT2D eigenvalue weighted by Crippen LogP contribution is 2.17. The Balaban J connectivity index is 1.36. The largest absolute Gasteiger partial charge is 0.494 e. The maximum absolute atomic E-state index is 5.85. The Morgan fingerprint density at radius 2 is 2.27 bits per heavy atom. The third kappa shape index (κ3) is 6.00. The van der Waals surface area contributed by atoms with E-state index in [0.717, 1.165) is 36.8 Å². The number of nitrogens with one attached hydrogen (secondary N) is 1. The molecule has 1 unspecified atom stereocenters. The van der Waals surface area contributed by atoms with Crippen LogP contribution in [0.4, 0.5) is 10.9 Å². The molecule has 0 amide bonds. The van der Waals surface area contributed by atoms with Gasteiger partial charge in [-0.1, -0.05) is 6.92 Å². The number of nitrogen functional groups attached to an aromatic ring is 1. The number of hydrazone groups is 1. The van der Waals surface area contributed by atoms with Crippen molar-refractivity contribution in [2.45, 2.75) is 26.2 Å². The van der Waals surface area contributed by atoms with Gasteiger partial charge in [-0.05, 0) is 61.6 Å². The highest BCUT2D eigenvalue weighted by atomic mass is 32.1. The molecular formula is C19H27N5OS. The molecule has 0 bridgehead atoms. The molecule has 0 saturated carbocycles. The Hall–Kier alpha value is -2.12. The molecule has 0 radical (unpaired) electrons. The van der Waals surface area contributed by atoms with Crippen LogP contribution in [0, 0.1) is 5.92 Å². The standard InChI is InChI=1S/C19H27N5OS/c1-15-4-2-9-24(13-15)10-3-11-25-17-7-5-16(6-8-17)12-21-23-19-22-18(20)14-26-19/h5-8,12,14-15H,2-4,9-11,13,20H2,1H3,(H,22,23). The number of rotatable bonds is 8. The first-order valence-electron chi connectivity index (χ1n) is 9.14. The van der Waals surface area contributed by atoms with E-state index in [4.69, 9.17) is 10.5 Å². The molecule has 1 aliphatic heterocycles. The summed E-state index contributed by atoms with van der Waals surface area (Å²) < 4.78 is 5.85. The number of hydrogen-bond donors (Lipinski definition) is 2. The molecule has 3 N–H and O–H groups in total. The number of hydrogen-bond acceptors (Lipinski definition) is 7. The highest BCUT2D eigenvalue weighted by Gasteiger charge is 2.15. The van der Waals surface area contributed by atoms with E-state index >= 15 is 0 Å². The Morgan fingerprint density at radius 3 is 3.00 bits per heavy atom. The molecule has 6 nitrogen and oxygen atoms in total. The zero-order valence-electron chi connectivity index (χ0n) is 15.2. The summed E-state index contributed by atoms with van der Waals surface area (Å²) in [7, 11) is 0. The fourth-order valence-corrected chi connectivity index (χ4v) is 3.67. The second kappa shape index (κ2) is 9.54. The van der Waals surface area contributed by atoms with Crippen molar-refractivity contribution in [3.05, 3.63) is 35.2 Å². The number of nitrogens with zero attached hydrogens (tertiary/aromatic N) is 3. The summed E-state index contributed by atoms with van der Waals surface area (Å²) in [5.74, 6) is 2.24. The molecule has 1 aromatic heterocycles. The van der Waals surface area contributed by atoms with Crippen LogP contribution in [0.2, 0.25) is 0 Å². The molecule has 1 aromatic carbocycles. The van der Waals surface area contributed by atoms with Crippen molar-refractivity contribution in [3.63, 3.8) is 0 Å². The summed E-state index contributed by atoms with van der Waals surface area (Å²) in [4.78, 5) is 6.64. The van der Waals surface area contributed by atoms with Gasteiger partial charge in [0, 0.05) is 18.5 Å². The van der Waals surface area contributed by atoms with E-state index in [9.17, 15) is 0 Å². The van der Waals surface area contributed by atoms with Gasteiger partial charge in [-0.25, -0.2) is 4.98 Å². The lowest BCUT2D eigenvalue weighted by Crippen LogP contribution is -2.35. The second-order valence-electron chi connectivity index (χ2n) is 6.77. The molecular weight excluding hydrogens is 346 g/mol. The van der Waals surface area contributed by atoms with E-state index in [1.165, 1.54) is 37.3 Å². The molecule has 140 valence electrons. The monoisotopic (exact) mass is 373 g/mol. The number of nitrogens with two attached hydrogens (primary N) is 1. The quantitative estimate of drug-likeness (QED) is 0.419. The van der Waals surface area contributed by atoms with Crippen molar-refractivity contribution in [1.82, 2.24) is 9.88 Å². The first kappa shape index (κ1) is 18.7. The number of thiazole rings is 1. The summed E-state index contributed by atoms with van der Waals surface area (Å²) in [6, 6.07) is 7.93. The molecule has 1 fully saturated rings. The van der Waals surface area contributed by atoms with E-state index in [2.05, 4.69) is 27.3 Å².